The summed E-state index contributed by atoms with van der Waals surface area (Å²) >= 11 is 2.86. The Bertz CT molecular complexity index is 1250. The number of non-ortho nitro benzene ring substituents is 1. The number of thiazole rings is 1. The number of benzene rings is 2. The van der Waals surface area contributed by atoms with Gasteiger partial charge in [-0.25, -0.2) is 9.97 Å². The number of hydrogen-bond donors (Lipinski definition) is 1. The fourth-order valence-corrected chi connectivity index (χ4v) is 5.35. The summed E-state index contributed by atoms with van der Waals surface area (Å²) in [5.41, 5.74) is 2.69. The molecule has 1 saturated heterocycles. The minimum Gasteiger partial charge on any atom is -0.345 e. The van der Waals surface area contributed by atoms with Gasteiger partial charge in [0.1, 0.15) is 0 Å². The summed E-state index contributed by atoms with van der Waals surface area (Å²) < 4.78 is 0.796. The highest BCUT2D eigenvalue weighted by molar-refractivity contribution is 7.99. The Labute approximate surface area is 185 Å². The first-order valence-corrected chi connectivity index (χ1v) is 11.5. The number of nitro groups is 1. The predicted octanol–water partition coefficient (Wildman–Crippen LogP) is 3.52. The van der Waals surface area contributed by atoms with E-state index < -0.39 is 4.92 Å². The summed E-state index contributed by atoms with van der Waals surface area (Å²) in [5.74, 6) is 0.426. The number of nitro benzene ring substituents is 1. The lowest BCUT2D eigenvalue weighted by molar-refractivity contribution is -0.384. The van der Waals surface area contributed by atoms with Gasteiger partial charge in [0.05, 0.1) is 31.9 Å². The molecule has 1 amide bonds. The molecule has 1 aliphatic heterocycles. The maximum atomic E-state index is 12.6. The summed E-state index contributed by atoms with van der Waals surface area (Å²) in [6.45, 7) is 2.61. The molecule has 0 saturated carbocycles. The molecule has 9 nitrogen and oxygen atoms in total. The van der Waals surface area contributed by atoms with Crippen LogP contribution in [0.2, 0.25) is 0 Å². The van der Waals surface area contributed by atoms with E-state index in [2.05, 4.69) is 19.9 Å². The van der Waals surface area contributed by atoms with E-state index in [1.807, 2.05) is 29.2 Å². The van der Waals surface area contributed by atoms with Crippen molar-refractivity contribution in [3.8, 4) is 0 Å². The lowest BCUT2D eigenvalue weighted by Crippen LogP contribution is -2.49. The van der Waals surface area contributed by atoms with E-state index in [0.717, 1.165) is 31.5 Å². The summed E-state index contributed by atoms with van der Waals surface area (Å²) in [7, 11) is 0. The molecule has 1 N–H and O–H groups in total. The van der Waals surface area contributed by atoms with E-state index in [4.69, 9.17) is 0 Å². The van der Waals surface area contributed by atoms with Crippen molar-refractivity contribution in [2.45, 2.75) is 5.16 Å². The van der Waals surface area contributed by atoms with Crippen molar-refractivity contribution in [2.24, 2.45) is 0 Å². The molecule has 2 aromatic heterocycles. The predicted molar refractivity (Wildman–Crippen MR) is 122 cm³/mol. The zero-order valence-corrected chi connectivity index (χ0v) is 18.0. The second-order valence-corrected chi connectivity index (χ2v) is 9.09. The Hall–Kier alpha value is -3.18. The van der Waals surface area contributed by atoms with E-state index >= 15 is 0 Å². The first-order chi connectivity index (χ1) is 15.1. The SMILES string of the molecule is O=C(CSc1nc2ccccc2[nH]1)N1CCN(c2nc3ccc([N+](=O)[O-])cc3s2)CC1. The molecule has 0 bridgehead atoms. The standard InChI is InChI=1S/C20H18N6O3S2/c27-18(12-30-19-21-14-3-1-2-4-15(14)22-19)24-7-9-25(10-8-24)20-23-16-6-5-13(26(28)29)11-17(16)31-20/h1-6,11H,7-10,12H2,(H,21,22). The normalized spacial score (nSPS) is 14.5. The minimum atomic E-state index is -0.396. The molecule has 0 spiro atoms. The molecule has 1 aliphatic rings. The molecule has 11 heteroatoms. The van der Waals surface area contributed by atoms with Crippen LogP contribution in [0.25, 0.3) is 21.3 Å². The summed E-state index contributed by atoms with van der Waals surface area (Å²) in [6, 6.07) is 12.5. The Morgan fingerprint density at radius 1 is 1.13 bits per heavy atom. The molecule has 31 heavy (non-hydrogen) atoms. The van der Waals surface area contributed by atoms with Gasteiger partial charge in [0.15, 0.2) is 10.3 Å². The molecule has 0 radical (unpaired) electrons. The Morgan fingerprint density at radius 3 is 2.71 bits per heavy atom. The van der Waals surface area contributed by atoms with Crippen LogP contribution in [0.15, 0.2) is 47.6 Å². The number of aromatic amines is 1. The van der Waals surface area contributed by atoms with E-state index in [1.54, 1.807) is 12.1 Å². The number of para-hydroxylation sites is 2. The number of hydrogen-bond acceptors (Lipinski definition) is 8. The minimum absolute atomic E-state index is 0.0695. The van der Waals surface area contributed by atoms with Crippen LogP contribution in [0.1, 0.15) is 0 Å². The molecule has 158 valence electrons. The number of imidazole rings is 1. The molecule has 0 unspecified atom stereocenters. The third-order valence-corrected chi connectivity index (χ3v) is 7.11. The van der Waals surface area contributed by atoms with E-state index in [9.17, 15) is 14.9 Å². The summed E-state index contributed by atoms with van der Waals surface area (Å²) in [5, 5.41) is 12.6. The molecule has 0 aliphatic carbocycles. The quantitative estimate of drug-likeness (QED) is 0.279. The monoisotopic (exact) mass is 454 g/mol. The van der Waals surface area contributed by atoms with Gasteiger partial charge in [-0.2, -0.15) is 0 Å². The number of nitrogens with one attached hydrogen (secondary N) is 1. The molecule has 1 fully saturated rings. The summed E-state index contributed by atoms with van der Waals surface area (Å²) in [6.07, 6.45) is 0. The third kappa shape index (κ3) is 4.06. The lowest BCUT2D eigenvalue weighted by Gasteiger charge is -2.34. The second-order valence-electron chi connectivity index (χ2n) is 7.12. The number of fused-ring (bicyclic) bond motifs is 2. The van der Waals surface area contributed by atoms with Gasteiger partial charge in [-0.3, -0.25) is 14.9 Å². The number of H-pyrrole nitrogens is 1. The zero-order chi connectivity index (χ0) is 21.4. The van der Waals surface area contributed by atoms with Gasteiger partial charge in [0.25, 0.3) is 5.69 Å². The molecule has 4 aromatic rings. The van der Waals surface area contributed by atoms with Crippen molar-refractivity contribution in [3.05, 3.63) is 52.6 Å². The van der Waals surface area contributed by atoms with E-state index in [0.29, 0.717) is 31.9 Å². The molecule has 2 aromatic carbocycles. The maximum absolute atomic E-state index is 12.6. The van der Waals surface area contributed by atoms with Gasteiger partial charge in [0, 0.05) is 38.3 Å². The number of piperazine rings is 1. The molecule has 5 rings (SSSR count). The number of thioether (sulfide) groups is 1. The van der Waals surface area contributed by atoms with Crippen LogP contribution in [0.3, 0.4) is 0 Å². The van der Waals surface area contributed by atoms with Crippen LogP contribution in [-0.4, -0.2) is 62.6 Å². The van der Waals surface area contributed by atoms with Crippen molar-refractivity contribution < 1.29 is 9.72 Å². The summed E-state index contributed by atoms with van der Waals surface area (Å²) in [4.78, 5) is 39.6. The zero-order valence-electron chi connectivity index (χ0n) is 16.4. The van der Waals surface area contributed by atoms with Crippen LogP contribution < -0.4 is 4.90 Å². The van der Waals surface area contributed by atoms with Crippen LogP contribution in [-0.2, 0) is 4.79 Å². The fraction of sp³-hybridized carbons (Fsp3) is 0.250. The topological polar surface area (TPSA) is 108 Å². The van der Waals surface area contributed by atoms with Gasteiger partial charge in [-0.15, -0.1) is 0 Å². The lowest BCUT2D eigenvalue weighted by atomic mass is 10.3. The van der Waals surface area contributed by atoms with Crippen molar-refractivity contribution in [1.29, 1.82) is 0 Å². The average molecular weight is 455 g/mol. The first-order valence-electron chi connectivity index (χ1n) is 9.72. The van der Waals surface area contributed by atoms with E-state index in [-0.39, 0.29) is 11.6 Å². The molecule has 3 heterocycles. The first kappa shape index (κ1) is 19.8. The Morgan fingerprint density at radius 2 is 1.94 bits per heavy atom. The Kier molecular flexibility index (Phi) is 5.20. The van der Waals surface area contributed by atoms with Gasteiger partial charge in [-0.1, -0.05) is 35.2 Å². The number of carbonyl (C=O) groups excluding carboxylic acids is 1. The maximum Gasteiger partial charge on any atom is 0.270 e. The second kappa shape index (κ2) is 8.16. The van der Waals surface area contributed by atoms with Gasteiger partial charge in [0.2, 0.25) is 5.91 Å². The Balaban J connectivity index is 1.18. The van der Waals surface area contributed by atoms with Crippen molar-refractivity contribution in [2.75, 3.05) is 36.8 Å². The molecular formula is C20H18N6O3S2. The van der Waals surface area contributed by atoms with Crippen molar-refractivity contribution in [1.82, 2.24) is 19.9 Å². The number of amides is 1. The van der Waals surface area contributed by atoms with Crippen LogP contribution in [0, 0.1) is 10.1 Å². The highest BCUT2D eigenvalue weighted by atomic mass is 32.2. The van der Waals surface area contributed by atoms with Crippen LogP contribution in [0.5, 0.6) is 0 Å². The average Bonchev–Trinajstić information content (AvgIpc) is 3.40. The van der Waals surface area contributed by atoms with Crippen molar-refractivity contribution in [3.63, 3.8) is 0 Å². The number of anilines is 1. The highest BCUT2D eigenvalue weighted by Crippen LogP contribution is 2.32. The smallest absolute Gasteiger partial charge is 0.270 e. The van der Waals surface area contributed by atoms with Gasteiger partial charge >= 0.3 is 0 Å². The van der Waals surface area contributed by atoms with E-state index in [1.165, 1.54) is 29.2 Å². The van der Waals surface area contributed by atoms with Crippen LogP contribution >= 0.6 is 23.1 Å². The third-order valence-electron chi connectivity index (χ3n) is 5.17. The molecule has 0 atom stereocenters. The van der Waals surface area contributed by atoms with Crippen LogP contribution in [0.4, 0.5) is 10.8 Å². The number of aromatic nitrogens is 3. The van der Waals surface area contributed by atoms with Crippen molar-refractivity contribution >= 4 is 61.1 Å². The van der Waals surface area contributed by atoms with Gasteiger partial charge < -0.3 is 14.8 Å². The number of nitrogens with zero attached hydrogens (tertiary/aromatic N) is 5. The molecular weight excluding hydrogens is 436 g/mol. The number of rotatable bonds is 5. The highest BCUT2D eigenvalue weighted by Gasteiger charge is 2.23. The fourth-order valence-electron chi connectivity index (χ4n) is 3.52. The number of carbonyl (C=O) groups is 1. The largest absolute Gasteiger partial charge is 0.345 e. The van der Waals surface area contributed by atoms with Gasteiger partial charge in [-0.05, 0) is 18.2 Å².